The minimum atomic E-state index is 0.238. The van der Waals surface area contributed by atoms with Crippen molar-refractivity contribution in [2.24, 2.45) is 5.92 Å². The monoisotopic (exact) mass is 297 g/mol. The van der Waals surface area contributed by atoms with Gasteiger partial charge in [-0.25, -0.2) is 0 Å². The van der Waals surface area contributed by atoms with E-state index in [1.807, 2.05) is 18.2 Å². The number of halogens is 1. The zero-order chi connectivity index (χ0) is 14.4. The smallest absolute Gasteiger partial charge is 0.124 e. The molecule has 0 saturated carbocycles. The van der Waals surface area contributed by atoms with Crippen molar-refractivity contribution in [3.63, 3.8) is 0 Å². The molecule has 1 aromatic carbocycles. The molecule has 0 radical (unpaired) electrons. The number of hydrogen-bond donors (Lipinski definition) is 1. The van der Waals surface area contributed by atoms with Crippen molar-refractivity contribution in [2.45, 2.75) is 39.3 Å². The van der Waals surface area contributed by atoms with Gasteiger partial charge in [0.1, 0.15) is 12.4 Å². The third-order valence-electron chi connectivity index (χ3n) is 3.34. The van der Waals surface area contributed by atoms with E-state index in [1.165, 1.54) is 0 Å². The van der Waals surface area contributed by atoms with Crippen molar-refractivity contribution in [3.05, 3.63) is 28.8 Å². The van der Waals surface area contributed by atoms with E-state index in [2.05, 4.69) is 19.2 Å². The van der Waals surface area contributed by atoms with Gasteiger partial charge in [0.25, 0.3) is 0 Å². The topological polar surface area (TPSA) is 30.5 Å². The highest BCUT2D eigenvalue weighted by atomic mass is 35.5. The summed E-state index contributed by atoms with van der Waals surface area (Å²) in [7, 11) is 0. The van der Waals surface area contributed by atoms with Crippen LogP contribution in [-0.2, 0) is 11.3 Å². The average molecular weight is 298 g/mol. The number of rotatable bonds is 7. The maximum Gasteiger partial charge on any atom is 0.124 e. The molecule has 112 valence electrons. The van der Waals surface area contributed by atoms with Gasteiger partial charge in [-0.1, -0.05) is 25.4 Å². The average Bonchev–Trinajstić information content (AvgIpc) is 2.90. The van der Waals surface area contributed by atoms with Crippen LogP contribution >= 0.6 is 11.6 Å². The van der Waals surface area contributed by atoms with Crippen LogP contribution in [0.5, 0.6) is 5.75 Å². The second-order valence-corrected chi connectivity index (χ2v) is 6.16. The van der Waals surface area contributed by atoms with Gasteiger partial charge in [-0.3, -0.25) is 0 Å². The summed E-state index contributed by atoms with van der Waals surface area (Å²) in [6.45, 7) is 7.63. The van der Waals surface area contributed by atoms with Crippen LogP contribution in [0.15, 0.2) is 18.2 Å². The standard InChI is InChI=1S/C16H24ClNO2/c1-12(2)9-18-10-13-8-14(17)5-6-16(13)20-11-15-4-3-7-19-15/h5-6,8,12,15,18H,3-4,7,9-11H2,1-2H3. The van der Waals surface area contributed by atoms with Crippen molar-refractivity contribution in [2.75, 3.05) is 19.8 Å². The molecule has 20 heavy (non-hydrogen) atoms. The van der Waals surface area contributed by atoms with Crippen LogP contribution in [0, 0.1) is 5.92 Å². The third-order valence-corrected chi connectivity index (χ3v) is 3.57. The summed E-state index contributed by atoms with van der Waals surface area (Å²) in [5.41, 5.74) is 1.11. The van der Waals surface area contributed by atoms with Gasteiger partial charge in [-0.05, 0) is 43.5 Å². The molecule has 0 aliphatic carbocycles. The SMILES string of the molecule is CC(C)CNCc1cc(Cl)ccc1OCC1CCCO1. The molecule has 0 amide bonds. The number of ether oxygens (including phenoxy) is 2. The summed E-state index contributed by atoms with van der Waals surface area (Å²) < 4.78 is 11.5. The maximum atomic E-state index is 6.08. The Kier molecular flexibility index (Phi) is 6.14. The van der Waals surface area contributed by atoms with Crippen LogP contribution in [0.2, 0.25) is 5.02 Å². The zero-order valence-corrected chi connectivity index (χ0v) is 13.1. The molecule has 2 rings (SSSR count). The predicted octanol–water partition coefficient (Wildman–Crippen LogP) is 3.64. The molecule has 0 aromatic heterocycles. The van der Waals surface area contributed by atoms with Gasteiger partial charge >= 0.3 is 0 Å². The van der Waals surface area contributed by atoms with E-state index >= 15 is 0 Å². The Bertz CT molecular complexity index is 417. The number of hydrogen-bond acceptors (Lipinski definition) is 3. The van der Waals surface area contributed by atoms with Crippen LogP contribution < -0.4 is 10.1 Å². The summed E-state index contributed by atoms with van der Waals surface area (Å²) in [5, 5.41) is 4.17. The van der Waals surface area contributed by atoms with Gasteiger partial charge in [0.2, 0.25) is 0 Å². The molecule has 3 nitrogen and oxygen atoms in total. The molecule has 1 N–H and O–H groups in total. The summed E-state index contributed by atoms with van der Waals surface area (Å²) in [4.78, 5) is 0. The van der Waals surface area contributed by atoms with E-state index in [-0.39, 0.29) is 6.10 Å². The van der Waals surface area contributed by atoms with E-state index in [1.54, 1.807) is 0 Å². The lowest BCUT2D eigenvalue weighted by molar-refractivity contribution is 0.0676. The molecule has 0 bridgehead atoms. The quantitative estimate of drug-likeness (QED) is 0.833. The predicted molar refractivity (Wildman–Crippen MR) is 82.5 cm³/mol. The summed E-state index contributed by atoms with van der Waals surface area (Å²) >= 11 is 6.08. The first kappa shape index (κ1) is 15.6. The van der Waals surface area contributed by atoms with E-state index in [0.717, 1.165) is 48.9 Å². The Balaban J connectivity index is 1.91. The van der Waals surface area contributed by atoms with E-state index in [4.69, 9.17) is 21.1 Å². The van der Waals surface area contributed by atoms with Crippen molar-refractivity contribution < 1.29 is 9.47 Å². The molecule has 1 unspecified atom stereocenters. The van der Waals surface area contributed by atoms with Crippen LogP contribution in [0.25, 0.3) is 0 Å². The van der Waals surface area contributed by atoms with Crippen molar-refractivity contribution in [1.29, 1.82) is 0 Å². The zero-order valence-electron chi connectivity index (χ0n) is 12.3. The fourth-order valence-corrected chi connectivity index (χ4v) is 2.48. The molecule has 1 saturated heterocycles. The minimum absolute atomic E-state index is 0.238. The van der Waals surface area contributed by atoms with Gasteiger partial charge in [0.05, 0.1) is 6.10 Å². The second kappa shape index (κ2) is 7.87. The Labute approximate surface area is 126 Å². The summed E-state index contributed by atoms with van der Waals surface area (Å²) in [6.07, 6.45) is 2.47. The van der Waals surface area contributed by atoms with Crippen molar-refractivity contribution in [1.82, 2.24) is 5.32 Å². The lowest BCUT2D eigenvalue weighted by Gasteiger charge is -2.16. The third kappa shape index (κ3) is 4.97. The van der Waals surface area contributed by atoms with Gasteiger partial charge in [0.15, 0.2) is 0 Å². The first-order chi connectivity index (χ1) is 9.65. The fourth-order valence-electron chi connectivity index (χ4n) is 2.28. The molecule has 4 heteroatoms. The van der Waals surface area contributed by atoms with Gasteiger partial charge in [0, 0.05) is 23.7 Å². The molecular weight excluding hydrogens is 274 g/mol. The number of nitrogens with one attached hydrogen (secondary N) is 1. The van der Waals surface area contributed by atoms with Crippen molar-refractivity contribution in [3.8, 4) is 5.75 Å². The first-order valence-electron chi connectivity index (χ1n) is 7.38. The molecule has 1 aromatic rings. The first-order valence-corrected chi connectivity index (χ1v) is 7.76. The normalized spacial score (nSPS) is 18.7. The molecule has 1 aliphatic rings. The van der Waals surface area contributed by atoms with Crippen molar-refractivity contribution >= 4 is 11.6 Å². The second-order valence-electron chi connectivity index (χ2n) is 5.72. The largest absolute Gasteiger partial charge is 0.491 e. The highest BCUT2D eigenvalue weighted by Gasteiger charge is 2.16. The molecular formula is C16H24ClNO2. The Morgan fingerprint density at radius 2 is 2.30 bits per heavy atom. The molecule has 0 spiro atoms. The van der Waals surface area contributed by atoms with Crippen LogP contribution in [0.1, 0.15) is 32.3 Å². The molecule has 1 aliphatic heterocycles. The van der Waals surface area contributed by atoms with E-state index in [9.17, 15) is 0 Å². The van der Waals surface area contributed by atoms with Crippen LogP contribution in [-0.4, -0.2) is 25.9 Å². The maximum absolute atomic E-state index is 6.08. The molecule has 1 atom stereocenters. The Hall–Kier alpha value is -0.770. The van der Waals surface area contributed by atoms with Gasteiger partial charge in [-0.2, -0.15) is 0 Å². The summed E-state index contributed by atoms with van der Waals surface area (Å²) in [6, 6.07) is 5.79. The van der Waals surface area contributed by atoms with E-state index < -0.39 is 0 Å². The van der Waals surface area contributed by atoms with Gasteiger partial charge in [-0.15, -0.1) is 0 Å². The number of benzene rings is 1. The van der Waals surface area contributed by atoms with E-state index in [0.29, 0.717) is 12.5 Å². The Morgan fingerprint density at radius 3 is 3.00 bits per heavy atom. The highest BCUT2D eigenvalue weighted by Crippen LogP contribution is 2.24. The van der Waals surface area contributed by atoms with Crippen LogP contribution in [0.3, 0.4) is 0 Å². The Morgan fingerprint density at radius 1 is 1.45 bits per heavy atom. The lowest BCUT2D eigenvalue weighted by Crippen LogP contribution is -2.21. The van der Waals surface area contributed by atoms with Crippen LogP contribution in [0.4, 0.5) is 0 Å². The summed E-state index contributed by atoms with van der Waals surface area (Å²) in [5.74, 6) is 1.53. The highest BCUT2D eigenvalue weighted by molar-refractivity contribution is 6.30. The minimum Gasteiger partial charge on any atom is -0.491 e. The van der Waals surface area contributed by atoms with Gasteiger partial charge < -0.3 is 14.8 Å². The fraction of sp³-hybridized carbons (Fsp3) is 0.625. The molecule has 1 fully saturated rings. The molecule has 1 heterocycles. The lowest BCUT2D eigenvalue weighted by atomic mass is 10.1.